The highest BCUT2D eigenvalue weighted by Gasteiger charge is 2.36. The highest BCUT2D eigenvalue weighted by Crippen LogP contribution is 2.35. The van der Waals surface area contributed by atoms with Crippen molar-refractivity contribution < 1.29 is 23.1 Å². The van der Waals surface area contributed by atoms with Crippen LogP contribution in [0.15, 0.2) is 24.4 Å². The van der Waals surface area contributed by atoms with E-state index in [2.05, 4.69) is 5.10 Å². The number of hydrogen-bond acceptors (Lipinski definition) is 3. The monoisotopic (exact) mass is 485 g/mol. The molecule has 1 N–H and O–H groups in total. The second kappa shape index (κ2) is 7.16. The Balaban J connectivity index is 0.00000225. The van der Waals surface area contributed by atoms with Crippen molar-refractivity contribution in [3.8, 4) is 0 Å². The molecule has 0 bridgehead atoms. The van der Waals surface area contributed by atoms with Crippen LogP contribution in [0.5, 0.6) is 0 Å². The molecule has 1 aromatic heterocycles. The van der Waals surface area contributed by atoms with Crippen molar-refractivity contribution in [2.75, 3.05) is 11.4 Å². The predicted octanol–water partition coefficient (Wildman–Crippen LogP) is 3.33. The Hall–Kier alpha value is -1.27. The van der Waals surface area contributed by atoms with Crippen molar-refractivity contribution in [1.82, 2.24) is 9.78 Å². The quantitative estimate of drug-likeness (QED) is 0.665. The van der Waals surface area contributed by atoms with Crippen molar-refractivity contribution in [3.63, 3.8) is 0 Å². The van der Waals surface area contributed by atoms with Gasteiger partial charge in [-0.1, -0.05) is 0 Å². The second-order valence-electron chi connectivity index (χ2n) is 5.55. The molecule has 0 fully saturated rings. The zero-order valence-electron chi connectivity index (χ0n) is 13.0. The Morgan fingerprint density at radius 2 is 2.08 bits per heavy atom. The first kappa shape index (κ1) is 20.0. The van der Waals surface area contributed by atoms with E-state index in [1.807, 2.05) is 29.5 Å². The largest absolute Gasteiger partial charge is 0.416 e. The van der Waals surface area contributed by atoms with Crippen molar-refractivity contribution >= 4 is 47.7 Å². The molecule has 136 valence electrons. The van der Waals surface area contributed by atoms with Gasteiger partial charge in [0.05, 0.1) is 28.0 Å². The molecule has 1 atom stereocenters. The first-order valence-electron chi connectivity index (χ1n) is 7.10. The van der Waals surface area contributed by atoms with Gasteiger partial charge in [0, 0.05) is 12.2 Å². The summed E-state index contributed by atoms with van der Waals surface area (Å²) in [6.07, 6.45) is -2.97. The van der Waals surface area contributed by atoms with Crippen LogP contribution in [-0.4, -0.2) is 27.3 Å². The maximum Gasteiger partial charge on any atom is 0.416 e. The van der Waals surface area contributed by atoms with Crippen LogP contribution in [0.25, 0.3) is 0 Å². The summed E-state index contributed by atoms with van der Waals surface area (Å²) in [5.41, 5.74) is -0.410. The first-order valence-corrected chi connectivity index (χ1v) is 8.17. The maximum atomic E-state index is 13.0. The molecule has 3 rings (SSSR count). The van der Waals surface area contributed by atoms with Crippen LogP contribution in [0.4, 0.5) is 18.9 Å². The number of halogens is 4. The van der Waals surface area contributed by atoms with Crippen molar-refractivity contribution in [2.45, 2.75) is 25.7 Å². The molecule has 0 saturated carbocycles. The molecule has 0 radical (unpaired) electrons. The number of aliphatic hydroxyl groups excluding tert-OH is 1. The third-order valence-electron chi connectivity index (χ3n) is 3.94. The van der Waals surface area contributed by atoms with Gasteiger partial charge in [-0.25, -0.2) is 0 Å². The summed E-state index contributed by atoms with van der Waals surface area (Å²) < 4.78 is 41.2. The van der Waals surface area contributed by atoms with E-state index in [0.29, 0.717) is 21.5 Å². The number of carbonyl (C=O) groups excluding carboxylic acids is 1. The summed E-state index contributed by atoms with van der Waals surface area (Å²) in [7, 11) is 0. The Morgan fingerprint density at radius 1 is 1.40 bits per heavy atom. The molecule has 10 heteroatoms. The van der Waals surface area contributed by atoms with Gasteiger partial charge in [-0.05, 0) is 53.3 Å². The minimum Gasteiger partial charge on any atom is -0.392 e. The number of benzene rings is 1. The van der Waals surface area contributed by atoms with Gasteiger partial charge in [-0.3, -0.25) is 9.48 Å². The van der Waals surface area contributed by atoms with Gasteiger partial charge in [0.1, 0.15) is 5.69 Å². The zero-order chi connectivity index (χ0) is 17.6. The topological polar surface area (TPSA) is 58.4 Å². The molecule has 2 aromatic rings. The molecule has 0 unspecified atom stereocenters. The van der Waals surface area contributed by atoms with Crippen LogP contribution >= 0.6 is 36.1 Å². The number of aromatic nitrogens is 2. The van der Waals surface area contributed by atoms with E-state index in [1.165, 1.54) is 17.0 Å². The number of aliphatic hydroxyl groups is 1. The summed E-state index contributed by atoms with van der Waals surface area (Å²) in [5.74, 6) is -0.321. The van der Waals surface area contributed by atoms with Gasteiger partial charge in [-0.15, -0.1) is 0 Å². The Labute approximate surface area is 162 Å². The minimum atomic E-state index is -4.55. The number of carbonyl (C=O) groups is 1. The van der Waals surface area contributed by atoms with Crippen molar-refractivity contribution in [3.05, 3.63) is 44.8 Å². The lowest BCUT2D eigenvalue weighted by molar-refractivity contribution is -0.138. The number of hydrogen-bond donors (Lipinski definition) is 1. The third-order valence-corrected chi connectivity index (χ3v) is 4.73. The molecule has 0 saturated heterocycles. The van der Waals surface area contributed by atoms with Crippen LogP contribution in [0.2, 0.25) is 0 Å². The number of nitrogens with zero attached hydrogens (tertiary/aromatic N) is 3. The molecular formula is C15H15F3IN3O2S. The summed E-state index contributed by atoms with van der Waals surface area (Å²) in [6, 6.07) is 3.26. The average molecular weight is 485 g/mol. The van der Waals surface area contributed by atoms with Crippen molar-refractivity contribution in [2.24, 2.45) is 0 Å². The lowest BCUT2D eigenvalue weighted by Crippen LogP contribution is -2.43. The van der Waals surface area contributed by atoms with Gasteiger partial charge in [0.15, 0.2) is 0 Å². The summed E-state index contributed by atoms with van der Waals surface area (Å²) in [4.78, 5) is 14.1. The van der Waals surface area contributed by atoms with Gasteiger partial charge < -0.3 is 10.0 Å². The molecule has 0 aliphatic carbocycles. The molecule has 25 heavy (non-hydrogen) atoms. The SMILES string of the molecule is C[C@H]1CN(c2ccc(C(F)(F)F)c(CO)c2)C(=O)c2c(I)cnn21.S. The van der Waals surface area contributed by atoms with Crippen LogP contribution in [0.3, 0.4) is 0 Å². The molecule has 1 amide bonds. The number of fused-ring (bicyclic) bond motifs is 1. The average Bonchev–Trinajstić information content (AvgIpc) is 2.92. The van der Waals surface area contributed by atoms with Crippen LogP contribution in [0, 0.1) is 3.57 Å². The Bertz CT molecular complexity index is 810. The first-order chi connectivity index (χ1) is 11.2. The Kier molecular flexibility index (Phi) is 5.74. The third kappa shape index (κ3) is 3.51. The van der Waals surface area contributed by atoms with Gasteiger partial charge in [0.25, 0.3) is 5.91 Å². The number of amides is 1. The minimum absolute atomic E-state index is 0. The molecule has 5 nitrogen and oxygen atoms in total. The Morgan fingerprint density at radius 3 is 2.68 bits per heavy atom. The lowest BCUT2D eigenvalue weighted by Gasteiger charge is -2.32. The fourth-order valence-electron chi connectivity index (χ4n) is 2.81. The maximum absolute atomic E-state index is 13.0. The zero-order valence-corrected chi connectivity index (χ0v) is 16.2. The second-order valence-corrected chi connectivity index (χ2v) is 6.71. The standard InChI is InChI=1S/C15H13F3IN3O2.H2S/c1-8-6-21(14(24)13-12(19)5-20-22(8)13)10-2-3-11(15(16,17)18)9(4-10)7-23;/h2-5,8,23H,6-7H2,1H3;1H2/t8-;/m0./s1. The van der Waals surface area contributed by atoms with E-state index in [0.717, 1.165) is 6.07 Å². The van der Waals surface area contributed by atoms with Crippen LogP contribution in [-0.2, 0) is 12.8 Å². The fourth-order valence-corrected chi connectivity index (χ4v) is 3.41. The van der Waals surface area contributed by atoms with Gasteiger partial charge >= 0.3 is 6.18 Å². The van der Waals surface area contributed by atoms with Gasteiger partial charge in [0.2, 0.25) is 0 Å². The summed E-state index contributed by atoms with van der Waals surface area (Å²) in [6.45, 7) is 1.42. The lowest BCUT2D eigenvalue weighted by atomic mass is 10.0. The highest BCUT2D eigenvalue weighted by atomic mass is 127. The van der Waals surface area contributed by atoms with E-state index in [4.69, 9.17) is 0 Å². The fraction of sp³-hybridized carbons (Fsp3) is 0.333. The molecule has 1 aliphatic heterocycles. The van der Waals surface area contributed by atoms with Crippen LogP contribution in [0.1, 0.15) is 34.6 Å². The number of rotatable bonds is 2. The van der Waals surface area contributed by atoms with E-state index in [-0.39, 0.29) is 31.0 Å². The smallest absolute Gasteiger partial charge is 0.392 e. The van der Waals surface area contributed by atoms with Gasteiger partial charge in [-0.2, -0.15) is 31.8 Å². The molecule has 2 heterocycles. The number of anilines is 1. The highest BCUT2D eigenvalue weighted by molar-refractivity contribution is 14.1. The number of alkyl halides is 3. The molecule has 1 aromatic carbocycles. The summed E-state index contributed by atoms with van der Waals surface area (Å²) in [5, 5.41) is 13.4. The normalized spacial score (nSPS) is 17.3. The van der Waals surface area contributed by atoms with Crippen LogP contribution < -0.4 is 4.90 Å². The molecular weight excluding hydrogens is 470 g/mol. The summed E-state index contributed by atoms with van der Waals surface area (Å²) >= 11 is 2.00. The molecule has 1 aliphatic rings. The predicted molar refractivity (Wildman–Crippen MR) is 99.1 cm³/mol. The van der Waals surface area contributed by atoms with Crippen molar-refractivity contribution in [1.29, 1.82) is 0 Å². The van der Waals surface area contributed by atoms with E-state index < -0.39 is 18.3 Å². The van der Waals surface area contributed by atoms with E-state index in [9.17, 15) is 23.1 Å². The van der Waals surface area contributed by atoms with E-state index >= 15 is 0 Å². The molecule has 0 spiro atoms. The van der Waals surface area contributed by atoms with E-state index in [1.54, 1.807) is 10.9 Å².